The van der Waals surface area contributed by atoms with E-state index in [-0.39, 0.29) is 49.0 Å². The number of hydrogen-bond donors (Lipinski definition) is 0. The Kier molecular flexibility index (Phi) is 7.36. The molecular weight excluding hydrogens is 529 g/mol. The number of carbonyl (C=O) groups is 4. The molecule has 0 spiro atoms. The average molecular weight is 547 g/mol. The number of anilines is 1. The standard InChI is InChI=1S/C26H18Cl3NO6/c1-3-13-4-6-14(7-5-13)22(31)12-36-26(34)17-10-20(29)21(11-23(17)35-2)30-24(32)15-8-18(27)19(28)9-16(15)25(30)33/h4-11H,3,12H2,1-2H3. The zero-order valence-electron chi connectivity index (χ0n) is 19.1. The Morgan fingerprint density at radius 2 is 1.44 bits per heavy atom. The van der Waals surface area contributed by atoms with Crippen molar-refractivity contribution in [2.45, 2.75) is 13.3 Å². The van der Waals surface area contributed by atoms with Gasteiger partial charge >= 0.3 is 5.97 Å². The van der Waals surface area contributed by atoms with E-state index in [0.717, 1.165) is 16.9 Å². The number of ether oxygens (including phenoxy) is 2. The van der Waals surface area contributed by atoms with Gasteiger partial charge in [-0.2, -0.15) is 0 Å². The average Bonchev–Trinajstić information content (AvgIpc) is 3.11. The number of benzene rings is 3. The number of hydrogen-bond acceptors (Lipinski definition) is 6. The Morgan fingerprint density at radius 1 is 0.861 bits per heavy atom. The van der Waals surface area contributed by atoms with Gasteiger partial charge in [0, 0.05) is 11.6 Å². The summed E-state index contributed by atoms with van der Waals surface area (Å²) in [7, 11) is 1.30. The topological polar surface area (TPSA) is 90.0 Å². The molecule has 2 amide bonds. The molecule has 36 heavy (non-hydrogen) atoms. The lowest BCUT2D eigenvalue weighted by Gasteiger charge is -2.18. The van der Waals surface area contributed by atoms with Crippen LogP contribution in [0.25, 0.3) is 0 Å². The minimum atomic E-state index is -0.861. The third kappa shape index (κ3) is 4.69. The molecule has 10 heteroatoms. The highest BCUT2D eigenvalue weighted by atomic mass is 35.5. The fraction of sp³-hybridized carbons (Fsp3) is 0.154. The first kappa shape index (κ1) is 25.7. The van der Waals surface area contributed by atoms with Gasteiger partial charge in [0.2, 0.25) is 0 Å². The van der Waals surface area contributed by atoms with Gasteiger partial charge < -0.3 is 9.47 Å². The van der Waals surface area contributed by atoms with Gasteiger partial charge in [0.05, 0.1) is 39.0 Å². The lowest BCUT2D eigenvalue weighted by molar-refractivity contribution is 0.0471. The minimum absolute atomic E-state index is 0.00407. The van der Waals surface area contributed by atoms with Crippen LogP contribution in [0.15, 0.2) is 48.5 Å². The van der Waals surface area contributed by atoms with Crippen molar-refractivity contribution < 1.29 is 28.7 Å². The lowest BCUT2D eigenvalue weighted by Crippen LogP contribution is -2.29. The van der Waals surface area contributed by atoms with Gasteiger partial charge in [0.15, 0.2) is 12.4 Å². The zero-order valence-corrected chi connectivity index (χ0v) is 21.3. The molecule has 0 radical (unpaired) electrons. The van der Waals surface area contributed by atoms with Crippen molar-refractivity contribution in [2.75, 3.05) is 18.6 Å². The second kappa shape index (κ2) is 10.3. The van der Waals surface area contributed by atoms with E-state index in [4.69, 9.17) is 44.3 Å². The normalized spacial score (nSPS) is 12.5. The maximum absolute atomic E-state index is 13.0. The summed E-state index contributed by atoms with van der Waals surface area (Å²) in [6.07, 6.45) is 0.836. The first-order chi connectivity index (χ1) is 17.2. The molecular formula is C26H18Cl3NO6. The van der Waals surface area contributed by atoms with E-state index in [0.29, 0.717) is 5.56 Å². The van der Waals surface area contributed by atoms with Crippen LogP contribution in [0.3, 0.4) is 0 Å². The summed E-state index contributed by atoms with van der Waals surface area (Å²) in [6, 6.07) is 12.1. The molecule has 3 aromatic rings. The summed E-state index contributed by atoms with van der Waals surface area (Å²) in [6.45, 7) is 1.51. The Balaban J connectivity index is 1.57. The van der Waals surface area contributed by atoms with Crippen LogP contribution >= 0.6 is 34.8 Å². The van der Waals surface area contributed by atoms with Crippen molar-refractivity contribution in [2.24, 2.45) is 0 Å². The van der Waals surface area contributed by atoms with Crippen LogP contribution in [0.4, 0.5) is 5.69 Å². The first-order valence-corrected chi connectivity index (χ1v) is 11.8. The molecule has 0 atom stereocenters. The summed E-state index contributed by atoms with van der Waals surface area (Å²) in [4.78, 5) is 51.9. The molecule has 0 N–H and O–H groups in total. The number of esters is 1. The highest BCUT2D eigenvalue weighted by Gasteiger charge is 2.39. The van der Waals surface area contributed by atoms with Crippen LogP contribution in [-0.2, 0) is 11.2 Å². The van der Waals surface area contributed by atoms with E-state index in [1.165, 1.54) is 31.4 Å². The maximum Gasteiger partial charge on any atom is 0.342 e. The quantitative estimate of drug-likeness (QED) is 0.203. The van der Waals surface area contributed by atoms with Gasteiger partial charge in [-0.1, -0.05) is 66.0 Å². The molecule has 0 unspecified atom stereocenters. The van der Waals surface area contributed by atoms with Crippen LogP contribution in [0.2, 0.25) is 15.1 Å². The third-order valence-corrected chi connectivity index (χ3v) is 6.70. The number of carbonyl (C=O) groups excluding carboxylic acids is 4. The third-order valence-electron chi connectivity index (χ3n) is 5.68. The number of ketones is 1. The van der Waals surface area contributed by atoms with Gasteiger partial charge in [0.25, 0.3) is 11.8 Å². The van der Waals surface area contributed by atoms with Gasteiger partial charge in [-0.25, -0.2) is 9.69 Å². The fourth-order valence-corrected chi connectivity index (χ4v) is 4.29. The molecule has 1 aliphatic heterocycles. The number of Topliss-reactive ketones (excluding diaryl/α,β-unsaturated/α-hetero) is 1. The van der Waals surface area contributed by atoms with Gasteiger partial charge in [-0.05, 0) is 30.2 Å². The number of aryl methyl sites for hydroxylation is 1. The van der Waals surface area contributed by atoms with Crippen molar-refractivity contribution in [3.8, 4) is 5.75 Å². The molecule has 0 fully saturated rings. The smallest absolute Gasteiger partial charge is 0.342 e. The predicted octanol–water partition coefficient (Wildman–Crippen LogP) is 6.06. The zero-order chi connectivity index (χ0) is 26.1. The molecule has 3 aromatic carbocycles. The molecule has 184 valence electrons. The summed E-state index contributed by atoms with van der Waals surface area (Å²) in [5, 5.41) is 0.156. The summed E-state index contributed by atoms with van der Waals surface area (Å²) in [5.74, 6) is -2.57. The van der Waals surface area contributed by atoms with Crippen molar-refractivity contribution >= 4 is 64.1 Å². The van der Waals surface area contributed by atoms with Gasteiger partial charge in [0.1, 0.15) is 11.3 Å². The van der Waals surface area contributed by atoms with E-state index in [9.17, 15) is 19.2 Å². The van der Waals surface area contributed by atoms with Crippen LogP contribution in [0.5, 0.6) is 5.75 Å². The first-order valence-electron chi connectivity index (χ1n) is 10.7. The van der Waals surface area contributed by atoms with Crippen molar-refractivity contribution in [3.63, 3.8) is 0 Å². The maximum atomic E-state index is 13.0. The van der Waals surface area contributed by atoms with Crippen LogP contribution in [0.1, 0.15) is 53.9 Å². The Morgan fingerprint density at radius 3 is 1.97 bits per heavy atom. The summed E-state index contributed by atoms with van der Waals surface area (Å²) < 4.78 is 10.5. The highest BCUT2D eigenvalue weighted by molar-refractivity contribution is 6.45. The molecule has 0 aromatic heterocycles. The van der Waals surface area contributed by atoms with E-state index in [1.807, 2.05) is 19.1 Å². The molecule has 0 bridgehead atoms. The minimum Gasteiger partial charge on any atom is -0.496 e. The number of halogens is 3. The van der Waals surface area contributed by atoms with E-state index < -0.39 is 24.4 Å². The van der Waals surface area contributed by atoms with E-state index >= 15 is 0 Å². The van der Waals surface area contributed by atoms with Crippen molar-refractivity contribution in [1.29, 1.82) is 0 Å². The number of rotatable bonds is 7. The number of nitrogens with zero attached hydrogens (tertiary/aromatic N) is 1. The second-order valence-electron chi connectivity index (χ2n) is 7.81. The largest absolute Gasteiger partial charge is 0.496 e. The Bertz CT molecular complexity index is 1380. The Labute approximate surface area is 221 Å². The highest BCUT2D eigenvalue weighted by Crippen LogP contribution is 2.39. The molecule has 0 aliphatic carbocycles. The van der Waals surface area contributed by atoms with Crippen LogP contribution in [-0.4, -0.2) is 37.3 Å². The number of imide groups is 1. The van der Waals surface area contributed by atoms with Gasteiger partial charge in [-0.15, -0.1) is 0 Å². The van der Waals surface area contributed by atoms with Crippen LogP contribution in [0, 0.1) is 0 Å². The van der Waals surface area contributed by atoms with Crippen molar-refractivity contribution in [3.05, 3.63) is 91.4 Å². The summed E-state index contributed by atoms with van der Waals surface area (Å²) in [5.41, 5.74) is 1.54. The molecule has 1 aliphatic rings. The van der Waals surface area contributed by atoms with E-state index in [2.05, 4.69) is 0 Å². The number of amides is 2. The van der Waals surface area contributed by atoms with E-state index in [1.54, 1.807) is 12.1 Å². The summed E-state index contributed by atoms with van der Waals surface area (Å²) >= 11 is 18.4. The fourth-order valence-electron chi connectivity index (χ4n) is 3.71. The molecule has 1 heterocycles. The number of fused-ring (bicyclic) bond motifs is 1. The molecule has 4 rings (SSSR count). The molecule has 7 nitrogen and oxygen atoms in total. The lowest BCUT2D eigenvalue weighted by atomic mass is 10.1. The predicted molar refractivity (Wildman–Crippen MR) is 136 cm³/mol. The van der Waals surface area contributed by atoms with Crippen molar-refractivity contribution in [1.82, 2.24) is 0 Å². The number of methoxy groups -OCH3 is 1. The SMILES string of the molecule is CCc1ccc(C(=O)COC(=O)c2cc(Cl)c(N3C(=O)c4cc(Cl)c(Cl)cc4C3=O)cc2OC)cc1. The monoisotopic (exact) mass is 545 g/mol. The van der Waals surface area contributed by atoms with Gasteiger partial charge in [-0.3, -0.25) is 14.4 Å². The molecule has 0 saturated carbocycles. The Hall–Kier alpha value is -3.39. The second-order valence-corrected chi connectivity index (χ2v) is 9.03. The van der Waals surface area contributed by atoms with Crippen LogP contribution < -0.4 is 9.64 Å². The molecule has 0 saturated heterocycles.